The van der Waals surface area contributed by atoms with Crippen molar-refractivity contribution >= 4 is 75.9 Å². The zero-order valence-electron chi connectivity index (χ0n) is 36.9. The molecular weight excluding hydrogens is 825 g/mol. The smallest absolute Gasteiger partial charge is 0.160 e. The highest BCUT2D eigenvalue weighted by Crippen LogP contribution is 2.41. The summed E-state index contributed by atoms with van der Waals surface area (Å²) in [5.74, 6) is 0.710. The average molecular weight is 865 g/mol. The van der Waals surface area contributed by atoms with Crippen molar-refractivity contribution in [1.29, 1.82) is 0 Å². The molecule has 11 aromatic carbocycles. The molecule has 0 atom stereocenters. The molecule has 14 rings (SSSR count). The molecule has 0 aliphatic heterocycles. The standard InChI is InChI=1S/C64H40N4/c1-3-15-41(16-4-1)58-40-59(66-64(65-58)43-17-5-2-6-18-43)42-27-31-46(32-28-42)67-60-25-13-11-23-53(60)56-37-44(29-35-62(56)67)45-30-36-63-57(38-45)54-24-12-14-26-61(54)68(63)47-33-34-52-50-21-8-7-19-48(50)49-20-9-10-22-51(49)55(52)39-47/h1-40H. The molecule has 0 amide bonds. The van der Waals surface area contributed by atoms with Crippen LogP contribution in [-0.2, 0) is 0 Å². The van der Waals surface area contributed by atoms with Crippen LogP contribution < -0.4 is 0 Å². The molecule has 0 spiro atoms. The van der Waals surface area contributed by atoms with Gasteiger partial charge in [0.1, 0.15) is 0 Å². The van der Waals surface area contributed by atoms with Crippen LogP contribution in [0, 0.1) is 0 Å². The van der Waals surface area contributed by atoms with E-state index in [1.807, 2.05) is 24.3 Å². The van der Waals surface area contributed by atoms with Crippen molar-refractivity contribution in [2.75, 3.05) is 0 Å². The lowest BCUT2D eigenvalue weighted by molar-refractivity contribution is 1.17. The Hall–Kier alpha value is -9.12. The highest BCUT2D eigenvalue weighted by atomic mass is 15.0. The summed E-state index contributed by atoms with van der Waals surface area (Å²) in [5, 5.41) is 12.6. The highest BCUT2D eigenvalue weighted by Gasteiger charge is 2.18. The molecule has 0 unspecified atom stereocenters. The SMILES string of the molecule is c1ccc(-c2cc(-c3ccc(-n4c5ccccc5c5cc(-c6ccc7c(c6)c6ccccc6n7-c6ccc7c8ccccc8c8ccccc8c7c6)ccc54)cc3)nc(-c3ccccc3)n2)cc1. The average Bonchev–Trinajstić information content (AvgIpc) is 3.93. The largest absolute Gasteiger partial charge is 0.309 e. The van der Waals surface area contributed by atoms with E-state index in [2.05, 4.69) is 228 Å². The number of benzene rings is 11. The van der Waals surface area contributed by atoms with Crippen LogP contribution in [0.4, 0.5) is 0 Å². The number of hydrogen-bond donors (Lipinski definition) is 0. The van der Waals surface area contributed by atoms with E-state index in [1.165, 1.54) is 81.5 Å². The van der Waals surface area contributed by atoms with E-state index in [-0.39, 0.29) is 0 Å². The molecule has 0 fully saturated rings. The van der Waals surface area contributed by atoms with Gasteiger partial charge in [-0.1, -0.05) is 176 Å². The van der Waals surface area contributed by atoms with Gasteiger partial charge >= 0.3 is 0 Å². The van der Waals surface area contributed by atoms with E-state index in [1.54, 1.807) is 0 Å². The van der Waals surface area contributed by atoms with Crippen LogP contribution in [0.3, 0.4) is 0 Å². The Kier molecular flexibility index (Phi) is 8.55. The molecule has 0 saturated heterocycles. The third kappa shape index (κ3) is 6.01. The van der Waals surface area contributed by atoms with Crippen molar-refractivity contribution in [3.63, 3.8) is 0 Å². The number of hydrogen-bond acceptors (Lipinski definition) is 2. The van der Waals surface area contributed by atoms with Crippen molar-refractivity contribution in [2.45, 2.75) is 0 Å². The zero-order chi connectivity index (χ0) is 44.7. The Bertz CT molecular complexity index is 4200. The lowest BCUT2D eigenvalue weighted by atomic mass is 9.94. The quantitative estimate of drug-likeness (QED) is 0.156. The Morgan fingerprint density at radius 3 is 1.15 bits per heavy atom. The van der Waals surface area contributed by atoms with E-state index in [0.29, 0.717) is 5.82 Å². The molecule has 0 N–H and O–H groups in total. The van der Waals surface area contributed by atoms with Crippen molar-refractivity contribution in [1.82, 2.24) is 19.1 Å². The fourth-order valence-corrected chi connectivity index (χ4v) is 10.7. The number of rotatable bonds is 6. The van der Waals surface area contributed by atoms with E-state index in [0.717, 1.165) is 45.0 Å². The van der Waals surface area contributed by atoms with Crippen LogP contribution in [-0.4, -0.2) is 19.1 Å². The molecule has 0 bridgehead atoms. The fraction of sp³-hybridized carbons (Fsp3) is 0. The second-order valence-electron chi connectivity index (χ2n) is 17.7. The maximum absolute atomic E-state index is 5.09. The summed E-state index contributed by atoms with van der Waals surface area (Å²) in [5.41, 5.74) is 14.2. The summed E-state index contributed by atoms with van der Waals surface area (Å²) >= 11 is 0. The maximum Gasteiger partial charge on any atom is 0.160 e. The van der Waals surface area contributed by atoms with E-state index >= 15 is 0 Å². The molecule has 3 aromatic heterocycles. The van der Waals surface area contributed by atoms with Gasteiger partial charge in [0, 0.05) is 49.6 Å². The topological polar surface area (TPSA) is 35.6 Å². The first-order valence-corrected chi connectivity index (χ1v) is 23.2. The number of nitrogens with zero attached hydrogens (tertiary/aromatic N) is 4. The maximum atomic E-state index is 5.09. The van der Waals surface area contributed by atoms with Gasteiger partial charge in [0.2, 0.25) is 0 Å². The van der Waals surface area contributed by atoms with E-state index in [9.17, 15) is 0 Å². The summed E-state index contributed by atoms with van der Waals surface area (Å²) in [6.45, 7) is 0. The molecular formula is C64H40N4. The van der Waals surface area contributed by atoms with E-state index in [4.69, 9.17) is 9.97 Å². The molecule has 4 nitrogen and oxygen atoms in total. The second-order valence-corrected chi connectivity index (χ2v) is 17.7. The third-order valence-electron chi connectivity index (χ3n) is 13.9. The number of para-hydroxylation sites is 2. The summed E-state index contributed by atoms with van der Waals surface area (Å²) in [7, 11) is 0. The molecule has 14 aromatic rings. The first-order valence-electron chi connectivity index (χ1n) is 23.2. The minimum atomic E-state index is 0.710. The van der Waals surface area contributed by atoms with Gasteiger partial charge in [-0.2, -0.15) is 0 Å². The van der Waals surface area contributed by atoms with Crippen molar-refractivity contribution < 1.29 is 0 Å². The van der Waals surface area contributed by atoms with Gasteiger partial charge < -0.3 is 9.13 Å². The summed E-state index contributed by atoms with van der Waals surface area (Å²) in [4.78, 5) is 10.1. The van der Waals surface area contributed by atoms with Crippen LogP contribution in [0.25, 0.3) is 132 Å². The highest BCUT2D eigenvalue weighted by molar-refractivity contribution is 6.25. The van der Waals surface area contributed by atoms with Crippen LogP contribution in [0.5, 0.6) is 0 Å². The first-order chi connectivity index (χ1) is 33.7. The van der Waals surface area contributed by atoms with Gasteiger partial charge in [-0.05, 0) is 110 Å². The third-order valence-corrected chi connectivity index (χ3v) is 13.9. The van der Waals surface area contributed by atoms with Gasteiger partial charge in [0.15, 0.2) is 5.82 Å². The Morgan fingerprint density at radius 2 is 0.603 bits per heavy atom. The fourth-order valence-electron chi connectivity index (χ4n) is 10.7. The van der Waals surface area contributed by atoms with Crippen LogP contribution in [0.2, 0.25) is 0 Å². The van der Waals surface area contributed by atoms with Crippen molar-refractivity contribution in [3.05, 3.63) is 243 Å². The van der Waals surface area contributed by atoms with Crippen molar-refractivity contribution in [2.24, 2.45) is 0 Å². The predicted octanol–water partition coefficient (Wildman–Crippen LogP) is 16.8. The van der Waals surface area contributed by atoms with E-state index < -0.39 is 0 Å². The van der Waals surface area contributed by atoms with Gasteiger partial charge in [0.25, 0.3) is 0 Å². The summed E-state index contributed by atoms with van der Waals surface area (Å²) in [6, 6.07) is 87.6. The van der Waals surface area contributed by atoms with Gasteiger partial charge in [-0.25, -0.2) is 9.97 Å². The molecule has 0 aliphatic carbocycles. The minimum Gasteiger partial charge on any atom is -0.309 e. The van der Waals surface area contributed by atoms with Crippen LogP contribution in [0.1, 0.15) is 0 Å². The Balaban J connectivity index is 0.866. The molecule has 4 heteroatoms. The lowest BCUT2D eigenvalue weighted by Crippen LogP contribution is -1.97. The number of fused-ring (bicyclic) bond motifs is 12. The van der Waals surface area contributed by atoms with Crippen LogP contribution >= 0.6 is 0 Å². The predicted molar refractivity (Wildman–Crippen MR) is 285 cm³/mol. The normalized spacial score (nSPS) is 11.8. The molecule has 3 heterocycles. The number of aromatic nitrogens is 4. The van der Waals surface area contributed by atoms with Gasteiger partial charge in [-0.3, -0.25) is 0 Å². The van der Waals surface area contributed by atoms with Crippen molar-refractivity contribution in [3.8, 4) is 56.4 Å². The minimum absolute atomic E-state index is 0.710. The monoisotopic (exact) mass is 864 g/mol. The second kappa shape index (κ2) is 15.2. The summed E-state index contributed by atoms with van der Waals surface area (Å²) in [6.07, 6.45) is 0. The Morgan fingerprint density at radius 1 is 0.221 bits per heavy atom. The molecule has 316 valence electrons. The Labute approximate surface area is 392 Å². The zero-order valence-corrected chi connectivity index (χ0v) is 36.9. The molecule has 0 saturated carbocycles. The van der Waals surface area contributed by atoms with Gasteiger partial charge in [-0.15, -0.1) is 0 Å². The molecule has 68 heavy (non-hydrogen) atoms. The van der Waals surface area contributed by atoms with Gasteiger partial charge in [0.05, 0.1) is 33.5 Å². The lowest BCUT2D eigenvalue weighted by Gasteiger charge is -2.14. The first kappa shape index (κ1) is 38.2. The molecule has 0 radical (unpaired) electrons. The van der Waals surface area contributed by atoms with Crippen LogP contribution in [0.15, 0.2) is 243 Å². The molecule has 0 aliphatic rings. The summed E-state index contributed by atoms with van der Waals surface area (Å²) < 4.78 is 4.82.